The first-order chi connectivity index (χ1) is 7.79. The predicted octanol–water partition coefficient (Wildman–Crippen LogP) is 1.48. The van der Waals surface area contributed by atoms with Crippen LogP contribution in [0.5, 0.6) is 0 Å². The Bertz CT molecular complexity index is 350. The van der Waals surface area contributed by atoms with Crippen LogP contribution in [0.25, 0.3) is 0 Å². The number of likely N-dealkylation sites (tertiary alicyclic amines) is 1. The Morgan fingerprint density at radius 3 is 2.81 bits per heavy atom. The number of hydrogen-bond donors (Lipinski definition) is 0. The van der Waals surface area contributed by atoms with Gasteiger partial charge >= 0.3 is 0 Å². The number of ketones is 1. The summed E-state index contributed by atoms with van der Waals surface area (Å²) in [6, 6.07) is 10.3. The van der Waals surface area contributed by atoms with Crippen LogP contribution in [0.15, 0.2) is 30.3 Å². The minimum atomic E-state index is -0.238. The molecule has 0 unspecified atom stereocenters. The van der Waals surface area contributed by atoms with Crippen LogP contribution in [-0.4, -0.2) is 37.0 Å². The second-order valence-corrected chi connectivity index (χ2v) is 4.16. The number of Topliss-reactive ketones (excluding diaryl/α,β-unsaturated/α-hetero) is 1. The van der Waals surface area contributed by atoms with E-state index in [9.17, 15) is 4.79 Å². The second-order valence-electron chi connectivity index (χ2n) is 4.16. The highest BCUT2D eigenvalue weighted by atomic mass is 16.5. The van der Waals surface area contributed by atoms with Crippen molar-refractivity contribution in [2.45, 2.75) is 19.1 Å². The van der Waals surface area contributed by atoms with Crippen molar-refractivity contribution in [2.75, 3.05) is 20.2 Å². The monoisotopic (exact) mass is 219 g/mol. The van der Waals surface area contributed by atoms with E-state index in [2.05, 4.69) is 17.0 Å². The quantitative estimate of drug-likeness (QED) is 0.771. The highest BCUT2D eigenvalue weighted by Crippen LogP contribution is 2.12. The summed E-state index contributed by atoms with van der Waals surface area (Å²) in [5.41, 5.74) is 1.28. The van der Waals surface area contributed by atoms with Gasteiger partial charge in [-0.1, -0.05) is 30.3 Å². The molecule has 0 radical (unpaired) electrons. The van der Waals surface area contributed by atoms with Gasteiger partial charge in [-0.3, -0.25) is 9.69 Å². The van der Waals surface area contributed by atoms with Crippen molar-refractivity contribution < 1.29 is 9.53 Å². The van der Waals surface area contributed by atoms with Gasteiger partial charge in [0.15, 0.2) is 5.78 Å². The summed E-state index contributed by atoms with van der Waals surface area (Å²) >= 11 is 0. The largest absolute Gasteiger partial charge is 0.372 e. The zero-order valence-corrected chi connectivity index (χ0v) is 9.56. The molecule has 1 aromatic rings. The fourth-order valence-corrected chi connectivity index (χ4v) is 2.05. The van der Waals surface area contributed by atoms with Crippen LogP contribution >= 0.6 is 0 Å². The van der Waals surface area contributed by atoms with Crippen LogP contribution in [0, 0.1) is 0 Å². The zero-order valence-electron chi connectivity index (χ0n) is 9.56. The number of ether oxygens (including phenoxy) is 1. The first-order valence-corrected chi connectivity index (χ1v) is 5.61. The molecule has 86 valence electrons. The fourth-order valence-electron chi connectivity index (χ4n) is 2.05. The van der Waals surface area contributed by atoms with Crippen LogP contribution in [-0.2, 0) is 16.1 Å². The summed E-state index contributed by atoms with van der Waals surface area (Å²) < 4.78 is 5.18. The third-order valence-electron chi connectivity index (χ3n) is 2.99. The lowest BCUT2D eigenvalue weighted by Crippen LogP contribution is -2.44. The summed E-state index contributed by atoms with van der Waals surface area (Å²) in [5, 5.41) is 0. The Morgan fingerprint density at radius 2 is 2.12 bits per heavy atom. The lowest BCUT2D eigenvalue weighted by Gasteiger charge is -2.30. The van der Waals surface area contributed by atoms with Crippen molar-refractivity contribution in [3.05, 3.63) is 35.9 Å². The first-order valence-electron chi connectivity index (χ1n) is 5.61. The molecule has 3 heteroatoms. The molecule has 1 aromatic carbocycles. The molecule has 0 aliphatic carbocycles. The van der Waals surface area contributed by atoms with Crippen molar-refractivity contribution >= 4 is 5.78 Å². The Morgan fingerprint density at radius 1 is 1.38 bits per heavy atom. The molecule has 1 aliphatic heterocycles. The van der Waals surface area contributed by atoms with Crippen molar-refractivity contribution in [3.63, 3.8) is 0 Å². The number of rotatable bonds is 3. The van der Waals surface area contributed by atoms with Crippen LogP contribution in [0.3, 0.4) is 0 Å². The highest BCUT2D eigenvalue weighted by molar-refractivity contribution is 5.84. The SMILES string of the molecule is CO[C@@H]1CN(Cc2ccccc2)CCC1=O. The summed E-state index contributed by atoms with van der Waals surface area (Å²) in [6.07, 6.45) is 0.364. The molecule has 0 amide bonds. The maximum Gasteiger partial charge on any atom is 0.164 e. The summed E-state index contributed by atoms with van der Waals surface area (Å²) in [5.74, 6) is 0.229. The van der Waals surface area contributed by atoms with Gasteiger partial charge < -0.3 is 4.74 Å². The van der Waals surface area contributed by atoms with E-state index in [1.165, 1.54) is 5.56 Å². The van der Waals surface area contributed by atoms with Gasteiger partial charge in [0.1, 0.15) is 6.10 Å². The van der Waals surface area contributed by atoms with Crippen molar-refractivity contribution in [3.8, 4) is 0 Å². The molecule has 1 aliphatic rings. The third kappa shape index (κ3) is 2.68. The molecule has 0 bridgehead atoms. The lowest BCUT2D eigenvalue weighted by molar-refractivity contribution is -0.133. The Hall–Kier alpha value is -1.19. The van der Waals surface area contributed by atoms with Crippen molar-refractivity contribution in [1.82, 2.24) is 4.90 Å². The lowest BCUT2D eigenvalue weighted by atomic mass is 10.1. The van der Waals surface area contributed by atoms with Gasteiger partial charge in [0.2, 0.25) is 0 Å². The highest BCUT2D eigenvalue weighted by Gasteiger charge is 2.26. The second kappa shape index (κ2) is 5.23. The van der Waals surface area contributed by atoms with Gasteiger partial charge in [-0.25, -0.2) is 0 Å². The topological polar surface area (TPSA) is 29.5 Å². The first kappa shape index (κ1) is 11.3. The molecule has 0 aromatic heterocycles. The molecular weight excluding hydrogens is 202 g/mol. The molecule has 1 heterocycles. The Balaban J connectivity index is 1.94. The third-order valence-corrected chi connectivity index (χ3v) is 2.99. The molecule has 1 atom stereocenters. The van der Waals surface area contributed by atoms with Gasteiger partial charge in [0, 0.05) is 33.2 Å². The maximum atomic E-state index is 11.5. The number of benzene rings is 1. The van der Waals surface area contributed by atoms with E-state index in [4.69, 9.17) is 4.74 Å². The standard InChI is InChI=1S/C13H17NO2/c1-16-13-10-14(8-7-12(13)15)9-11-5-3-2-4-6-11/h2-6,13H,7-10H2,1H3/t13-/m1/s1. The summed E-state index contributed by atoms with van der Waals surface area (Å²) in [7, 11) is 1.61. The number of piperidine rings is 1. The van der Waals surface area contributed by atoms with Gasteiger partial charge in [-0.15, -0.1) is 0 Å². The van der Waals surface area contributed by atoms with E-state index in [1.54, 1.807) is 7.11 Å². The number of carbonyl (C=O) groups excluding carboxylic acids is 1. The minimum Gasteiger partial charge on any atom is -0.372 e. The minimum absolute atomic E-state index is 0.229. The summed E-state index contributed by atoms with van der Waals surface area (Å²) in [6.45, 7) is 2.45. The van der Waals surface area contributed by atoms with Gasteiger partial charge in [0.05, 0.1) is 0 Å². The fraction of sp³-hybridized carbons (Fsp3) is 0.462. The van der Waals surface area contributed by atoms with Gasteiger partial charge in [0.25, 0.3) is 0 Å². The maximum absolute atomic E-state index is 11.5. The van der Waals surface area contributed by atoms with Crippen molar-refractivity contribution in [1.29, 1.82) is 0 Å². The van der Waals surface area contributed by atoms with E-state index in [-0.39, 0.29) is 11.9 Å². The van der Waals surface area contributed by atoms with Crippen molar-refractivity contribution in [2.24, 2.45) is 0 Å². The predicted molar refractivity (Wildman–Crippen MR) is 62.1 cm³/mol. The zero-order chi connectivity index (χ0) is 11.4. The van der Waals surface area contributed by atoms with Crippen LogP contribution in [0.1, 0.15) is 12.0 Å². The number of nitrogens with zero attached hydrogens (tertiary/aromatic N) is 1. The number of carbonyl (C=O) groups is 1. The Kier molecular flexibility index (Phi) is 3.70. The molecule has 3 nitrogen and oxygen atoms in total. The molecule has 1 saturated heterocycles. The van der Waals surface area contributed by atoms with E-state index >= 15 is 0 Å². The van der Waals surface area contributed by atoms with E-state index in [1.807, 2.05) is 18.2 Å². The van der Waals surface area contributed by atoms with Crippen LogP contribution < -0.4 is 0 Å². The molecule has 2 rings (SSSR count). The molecule has 16 heavy (non-hydrogen) atoms. The van der Waals surface area contributed by atoms with Gasteiger partial charge in [-0.2, -0.15) is 0 Å². The molecule has 1 fully saturated rings. The number of hydrogen-bond acceptors (Lipinski definition) is 3. The van der Waals surface area contributed by atoms with E-state index in [0.29, 0.717) is 13.0 Å². The average molecular weight is 219 g/mol. The number of methoxy groups -OCH3 is 1. The normalized spacial score (nSPS) is 22.3. The van der Waals surface area contributed by atoms with E-state index < -0.39 is 0 Å². The van der Waals surface area contributed by atoms with Gasteiger partial charge in [-0.05, 0) is 5.56 Å². The molecule has 0 N–H and O–H groups in total. The Labute approximate surface area is 96.0 Å². The van der Waals surface area contributed by atoms with Crippen LogP contribution in [0.4, 0.5) is 0 Å². The molecular formula is C13H17NO2. The molecule has 0 saturated carbocycles. The molecule has 0 spiro atoms. The van der Waals surface area contributed by atoms with E-state index in [0.717, 1.165) is 13.1 Å². The average Bonchev–Trinajstić information content (AvgIpc) is 2.33. The smallest absolute Gasteiger partial charge is 0.164 e. The summed E-state index contributed by atoms with van der Waals surface area (Å²) in [4.78, 5) is 13.7. The van der Waals surface area contributed by atoms with Crippen LogP contribution in [0.2, 0.25) is 0 Å².